The Kier molecular flexibility index (Phi) is 13.6. The molecule has 19 heteroatoms. The lowest BCUT2D eigenvalue weighted by Crippen LogP contribution is -2.28. The van der Waals surface area contributed by atoms with Crippen molar-refractivity contribution in [3.8, 4) is 5.88 Å². The summed E-state index contributed by atoms with van der Waals surface area (Å²) < 4.78 is 17.3. The topological polar surface area (TPSA) is 234 Å². The van der Waals surface area contributed by atoms with E-state index in [0.29, 0.717) is 47.2 Å². The Morgan fingerprint density at radius 2 is 1.34 bits per heavy atom. The second-order valence-corrected chi connectivity index (χ2v) is 13.8. The van der Waals surface area contributed by atoms with E-state index >= 15 is 0 Å². The predicted octanol–water partition coefficient (Wildman–Crippen LogP) is 3.87. The van der Waals surface area contributed by atoms with Gasteiger partial charge < -0.3 is 50.2 Å². The Morgan fingerprint density at radius 3 is 1.82 bits per heavy atom. The maximum Gasteiger partial charge on any atom is 0.334 e. The quantitative estimate of drug-likeness (QED) is 0.0299. The third-order valence-electron chi connectivity index (χ3n) is 9.07. The second-order valence-electron chi connectivity index (χ2n) is 13.8. The molecule has 1 atom stereocenters. The van der Waals surface area contributed by atoms with E-state index in [4.69, 9.17) is 20.6 Å². The number of amides is 4. The number of carbonyl (C=O) groups excluding carboxylic acids is 5. The van der Waals surface area contributed by atoms with Crippen LogP contribution in [0.1, 0.15) is 87.4 Å². The highest BCUT2D eigenvalue weighted by atomic mass is 35.5. The number of ether oxygens (including phenoxy) is 2. The van der Waals surface area contributed by atoms with Crippen LogP contribution in [0.2, 0.25) is 0 Å². The first-order chi connectivity index (χ1) is 26.0. The predicted molar refractivity (Wildman–Crippen MR) is 212 cm³/mol. The number of anilines is 3. The fourth-order valence-electron chi connectivity index (χ4n) is 6.24. The molecule has 0 bridgehead atoms. The highest BCUT2D eigenvalue weighted by Crippen LogP contribution is 2.34. The van der Waals surface area contributed by atoms with Crippen LogP contribution in [0.15, 0.2) is 55.0 Å². The fourth-order valence-corrected chi connectivity index (χ4v) is 6.24. The van der Waals surface area contributed by atoms with Crippen LogP contribution in [0.25, 0.3) is 0 Å². The number of nitrogens with one attached hydrogen (secondary N) is 5. The molecule has 4 aromatic heterocycles. The number of carbonyl (C=O) groups is 5. The van der Waals surface area contributed by atoms with E-state index in [-0.39, 0.29) is 60.2 Å². The summed E-state index contributed by atoms with van der Waals surface area (Å²) in [6.07, 6.45) is 8.79. The molecule has 1 unspecified atom stereocenters. The van der Waals surface area contributed by atoms with Crippen LogP contribution < -0.4 is 31.7 Å². The molecule has 0 spiro atoms. The van der Waals surface area contributed by atoms with Crippen LogP contribution in [-0.2, 0) is 37.7 Å². The molecule has 4 amide bonds. The standard InChI is InChI=1S/C37H47N11O7.ClH/c1-22-18-37(2,55-36(22)53)11-8-7-9-13-54-31-17-29(48(6)44-31)35(52)43-25-16-28(47(5)21-25)34(51)42-24-15-27(46(4)20-24)33(50)41-23-14-26(45(3)19-23)32(49)40-12-10-30(38)39;/h14-17,19-21H,1,7-13,18H2,2-6H3,(H3,38,39)(H,40,49)(H,41,50)(H,42,51)(H,43,52);1H. The van der Waals surface area contributed by atoms with E-state index in [2.05, 4.69) is 32.9 Å². The van der Waals surface area contributed by atoms with Gasteiger partial charge in [-0.3, -0.25) is 29.3 Å². The first-order valence-corrected chi connectivity index (χ1v) is 17.6. The third-order valence-corrected chi connectivity index (χ3v) is 9.07. The lowest BCUT2D eigenvalue weighted by molar-refractivity contribution is -0.145. The van der Waals surface area contributed by atoms with Gasteiger partial charge in [-0.15, -0.1) is 17.5 Å². The fraction of sp³-hybridized carbons (Fsp3) is 0.378. The average molecular weight is 794 g/mol. The summed E-state index contributed by atoms with van der Waals surface area (Å²) in [5.74, 6) is -1.80. The molecule has 0 aromatic carbocycles. The van der Waals surface area contributed by atoms with E-state index in [9.17, 15) is 24.0 Å². The first-order valence-electron chi connectivity index (χ1n) is 17.6. The Hall–Kier alpha value is -6.30. The maximum absolute atomic E-state index is 13.3. The summed E-state index contributed by atoms with van der Waals surface area (Å²) in [5, 5.41) is 22.6. The smallest absolute Gasteiger partial charge is 0.334 e. The minimum Gasteiger partial charge on any atom is -0.477 e. The number of rotatable bonds is 17. The summed E-state index contributed by atoms with van der Waals surface area (Å²) in [6, 6.07) is 6.13. The molecule has 7 N–H and O–H groups in total. The van der Waals surface area contributed by atoms with Crippen molar-refractivity contribution in [2.75, 3.05) is 29.1 Å². The molecular formula is C37H48ClN11O7. The van der Waals surface area contributed by atoms with Crippen molar-refractivity contribution < 1.29 is 33.4 Å². The van der Waals surface area contributed by atoms with Gasteiger partial charge in [0.1, 0.15) is 28.4 Å². The molecule has 1 aliphatic rings. The molecule has 5 rings (SSSR count). The molecule has 4 aromatic rings. The monoisotopic (exact) mass is 793 g/mol. The van der Waals surface area contributed by atoms with Crippen molar-refractivity contribution in [3.63, 3.8) is 0 Å². The molecule has 300 valence electrons. The van der Waals surface area contributed by atoms with Crippen molar-refractivity contribution in [2.45, 2.75) is 51.0 Å². The van der Waals surface area contributed by atoms with Crippen molar-refractivity contribution in [1.29, 1.82) is 5.41 Å². The van der Waals surface area contributed by atoms with Gasteiger partial charge in [0.15, 0.2) is 0 Å². The van der Waals surface area contributed by atoms with Crippen molar-refractivity contribution in [3.05, 3.63) is 77.8 Å². The average Bonchev–Trinajstić information content (AvgIpc) is 3.90. The first kappa shape index (κ1) is 42.4. The molecule has 0 aliphatic carbocycles. The minimum absolute atomic E-state index is 0. The molecule has 0 radical (unpaired) electrons. The van der Waals surface area contributed by atoms with Gasteiger partial charge in [-0.2, -0.15) is 0 Å². The molecule has 1 aliphatic heterocycles. The van der Waals surface area contributed by atoms with E-state index in [1.165, 1.54) is 22.9 Å². The van der Waals surface area contributed by atoms with Crippen LogP contribution in [0.5, 0.6) is 5.88 Å². The molecule has 5 heterocycles. The molecule has 1 saturated heterocycles. The SMILES string of the molecule is C=C1CC(C)(CCCCCOc2cc(C(=O)Nc3cc(C(=O)Nc4cc(C(=O)Nc5cc(C(=O)NCCC(=N)N)n(C)c5)n(C)c4)n(C)c3)n(C)n2)OC1=O.Cl. The molecule has 0 saturated carbocycles. The molecule has 56 heavy (non-hydrogen) atoms. The van der Waals surface area contributed by atoms with E-state index in [1.54, 1.807) is 66.5 Å². The van der Waals surface area contributed by atoms with Gasteiger partial charge >= 0.3 is 5.97 Å². The highest BCUT2D eigenvalue weighted by molar-refractivity contribution is 6.08. The van der Waals surface area contributed by atoms with Gasteiger partial charge in [0, 0.05) is 77.8 Å². The van der Waals surface area contributed by atoms with Crippen LogP contribution >= 0.6 is 12.4 Å². The van der Waals surface area contributed by atoms with Gasteiger partial charge in [-0.05, 0) is 50.8 Å². The van der Waals surface area contributed by atoms with Crippen LogP contribution in [0.3, 0.4) is 0 Å². The van der Waals surface area contributed by atoms with E-state index in [1.807, 2.05) is 6.92 Å². The van der Waals surface area contributed by atoms with Crippen molar-refractivity contribution in [1.82, 2.24) is 28.8 Å². The van der Waals surface area contributed by atoms with Crippen molar-refractivity contribution >= 4 is 64.9 Å². The van der Waals surface area contributed by atoms with Crippen molar-refractivity contribution in [2.24, 2.45) is 33.9 Å². The van der Waals surface area contributed by atoms with E-state index < -0.39 is 23.3 Å². The molecule has 18 nitrogen and oxygen atoms in total. The van der Waals surface area contributed by atoms with Crippen LogP contribution in [-0.4, -0.2) is 77.7 Å². The number of halogens is 1. The number of aromatic nitrogens is 5. The second kappa shape index (κ2) is 17.9. The Labute approximate surface area is 329 Å². The Morgan fingerprint density at radius 1 is 0.839 bits per heavy atom. The van der Waals surface area contributed by atoms with Gasteiger partial charge in [-0.1, -0.05) is 6.58 Å². The normalized spacial score (nSPS) is 14.8. The summed E-state index contributed by atoms with van der Waals surface area (Å²) in [7, 11) is 6.62. The number of unbranched alkanes of at least 4 members (excludes halogenated alkanes) is 2. The lowest BCUT2D eigenvalue weighted by Gasteiger charge is -2.21. The Bertz CT molecular complexity index is 2140. The number of hydrogen-bond acceptors (Lipinski definition) is 9. The number of hydrogen-bond donors (Lipinski definition) is 6. The number of nitrogens with zero attached hydrogens (tertiary/aromatic N) is 5. The maximum atomic E-state index is 13.3. The minimum atomic E-state index is -0.494. The largest absolute Gasteiger partial charge is 0.477 e. The Balaban J connectivity index is 0.00000696. The lowest BCUT2D eigenvalue weighted by atomic mass is 9.94. The number of aryl methyl sites for hydroxylation is 4. The van der Waals surface area contributed by atoms with Gasteiger partial charge in [-0.25, -0.2) is 4.79 Å². The molecule has 1 fully saturated rings. The molecular weight excluding hydrogens is 746 g/mol. The summed E-state index contributed by atoms with van der Waals surface area (Å²) >= 11 is 0. The van der Waals surface area contributed by atoms with E-state index in [0.717, 1.165) is 25.7 Å². The van der Waals surface area contributed by atoms with Gasteiger partial charge in [0.05, 0.1) is 29.5 Å². The zero-order valence-corrected chi connectivity index (χ0v) is 32.8. The third kappa shape index (κ3) is 10.5. The summed E-state index contributed by atoms with van der Waals surface area (Å²) in [5.41, 5.74) is 7.57. The summed E-state index contributed by atoms with van der Waals surface area (Å²) in [4.78, 5) is 63.7. The number of amidine groups is 1. The van der Waals surface area contributed by atoms with Gasteiger partial charge in [0.2, 0.25) is 5.88 Å². The highest BCUT2D eigenvalue weighted by Gasteiger charge is 2.37. The number of cyclic esters (lactones) is 1. The number of nitrogens with two attached hydrogens (primary N) is 1. The zero-order valence-electron chi connectivity index (χ0n) is 32.0. The van der Waals surface area contributed by atoms with Gasteiger partial charge in [0.25, 0.3) is 23.6 Å². The summed E-state index contributed by atoms with van der Waals surface area (Å²) in [6.45, 7) is 6.29. The van der Waals surface area contributed by atoms with Crippen LogP contribution in [0.4, 0.5) is 17.1 Å². The van der Waals surface area contributed by atoms with Crippen LogP contribution in [0, 0.1) is 5.41 Å². The number of esters is 1. The zero-order chi connectivity index (χ0) is 40.0.